The minimum Gasteiger partial charge on any atom is -0.490 e. The second kappa shape index (κ2) is 4.86. The number of benzene rings is 1. The van der Waals surface area contributed by atoms with E-state index >= 15 is 0 Å². The number of hydrogen-bond donors (Lipinski definition) is 1. The molecule has 2 rings (SSSR count). The van der Waals surface area contributed by atoms with Crippen LogP contribution in [0.1, 0.15) is 24.8 Å². The molecule has 0 saturated heterocycles. The molecule has 1 saturated carbocycles. The molecule has 1 N–H and O–H groups in total. The normalized spacial score (nSPS) is 16.1. The average Bonchev–Trinajstić information content (AvgIpc) is 2.14. The van der Waals surface area contributed by atoms with Gasteiger partial charge in [-0.3, -0.25) is 0 Å². The van der Waals surface area contributed by atoms with Gasteiger partial charge in [0.1, 0.15) is 5.75 Å². The lowest BCUT2D eigenvalue weighted by molar-refractivity contribution is 0.119. The summed E-state index contributed by atoms with van der Waals surface area (Å²) in [6.45, 7) is 0.794. The van der Waals surface area contributed by atoms with Crippen LogP contribution < -0.4 is 10.1 Å². The molecule has 15 heavy (non-hydrogen) atoms. The highest BCUT2D eigenvalue weighted by atomic mass is 35.5. The second-order valence-electron chi connectivity index (χ2n) is 3.95. The maximum absolute atomic E-state index is 5.95. The van der Waals surface area contributed by atoms with Crippen LogP contribution in [0, 0.1) is 0 Å². The molecule has 2 nitrogen and oxygen atoms in total. The standard InChI is InChI=1S/C12H16ClNO/c1-14-8-9-7-10(13)5-6-12(9)15-11-3-2-4-11/h5-7,11,14H,2-4,8H2,1H3. The van der Waals surface area contributed by atoms with Gasteiger partial charge in [-0.25, -0.2) is 0 Å². The lowest BCUT2D eigenvalue weighted by Gasteiger charge is -2.27. The van der Waals surface area contributed by atoms with E-state index in [4.69, 9.17) is 16.3 Å². The number of ether oxygens (including phenoxy) is 1. The molecule has 0 radical (unpaired) electrons. The molecule has 0 aliphatic heterocycles. The quantitative estimate of drug-likeness (QED) is 0.851. The van der Waals surface area contributed by atoms with Gasteiger partial charge in [0.2, 0.25) is 0 Å². The summed E-state index contributed by atoms with van der Waals surface area (Å²) in [5, 5.41) is 3.89. The van der Waals surface area contributed by atoms with E-state index in [9.17, 15) is 0 Å². The highest BCUT2D eigenvalue weighted by Crippen LogP contribution is 2.29. The minimum atomic E-state index is 0.418. The molecular formula is C12H16ClNO. The highest BCUT2D eigenvalue weighted by Gasteiger charge is 2.20. The lowest BCUT2D eigenvalue weighted by Crippen LogP contribution is -2.25. The molecule has 0 unspecified atom stereocenters. The summed E-state index contributed by atoms with van der Waals surface area (Å²) in [7, 11) is 1.92. The first-order valence-corrected chi connectivity index (χ1v) is 5.77. The van der Waals surface area contributed by atoms with E-state index in [1.54, 1.807) is 0 Å². The number of hydrogen-bond acceptors (Lipinski definition) is 2. The Morgan fingerprint density at radius 3 is 2.87 bits per heavy atom. The van der Waals surface area contributed by atoms with E-state index in [-0.39, 0.29) is 0 Å². The monoisotopic (exact) mass is 225 g/mol. The molecule has 1 aliphatic carbocycles. The number of halogens is 1. The van der Waals surface area contributed by atoms with Crippen molar-refractivity contribution in [3.8, 4) is 5.75 Å². The molecule has 1 aromatic rings. The smallest absolute Gasteiger partial charge is 0.124 e. The van der Waals surface area contributed by atoms with Crippen LogP contribution in [-0.2, 0) is 6.54 Å². The highest BCUT2D eigenvalue weighted by molar-refractivity contribution is 6.30. The van der Waals surface area contributed by atoms with Crippen LogP contribution in [0.15, 0.2) is 18.2 Å². The second-order valence-corrected chi connectivity index (χ2v) is 4.39. The average molecular weight is 226 g/mol. The van der Waals surface area contributed by atoms with Crippen molar-refractivity contribution in [1.82, 2.24) is 5.32 Å². The first kappa shape index (κ1) is 10.8. The van der Waals surface area contributed by atoms with Crippen LogP contribution in [0.2, 0.25) is 5.02 Å². The first-order chi connectivity index (χ1) is 7.29. The minimum absolute atomic E-state index is 0.418. The summed E-state index contributed by atoms with van der Waals surface area (Å²) >= 11 is 5.95. The van der Waals surface area contributed by atoms with Gasteiger partial charge in [0, 0.05) is 17.1 Å². The lowest BCUT2D eigenvalue weighted by atomic mass is 9.96. The molecule has 3 heteroatoms. The zero-order valence-corrected chi connectivity index (χ0v) is 9.68. The van der Waals surface area contributed by atoms with Crippen molar-refractivity contribution in [2.75, 3.05) is 7.05 Å². The fraction of sp³-hybridized carbons (Fsp3) is 0.500. The molecule has 0 bridgehead atoms. The third-order valence-electron chi connectivity index (χ3n) is 2.74. The first-order valence-electron chi connectivity index (χ1n) is 5.39. The van der Waals surface area contributed by atoms with Crippen molar-refractivity contribution in [2.24, 2.45) is 0 Å². The molecule has 1 aliphatic rings. The summed E-state index contributed by atoms with van der Waals surface area (Å²) in [6, 6.07) is 5.81. The Bertz CT molecular complexity index is 336. The third-order valence-corrected chi connectivity index (χ3v) is 2.97. The Hall–Kier alpha value is -0.730. The van der Waals surface area contributed by atoms with Gasteiger partial charge >= 0.3 is 0 Å². The van der Waals surface area contributed by atoms with Crippen molar-refractivity contribution < 1.29 is 4.74 Å². The van der Waals surface area contributed by atoms with Gasteiger partial charge in [0.15, 0.2) is 0 Å². The van der Waals surface area contributed by atoms with Crippen LogP contribution in [0.25, 0.3) is 0 Å². The Kier molecular flexibility index (Phi) is 3.49. The summed E-state index contributed by atoms with van der Waals surface area (Å²) in [6.07, 6.45) is 4.07. The summed E-state index contributed by atoms with van der Waals surface area (Å²) in [5.41, 5.74) is 1.14. The van der Waals surface area contributed by atoms with Crippen molar-refractivity contribution in [2.45, 2.75) is 31.9 Å². The topological polar surface area (TPSA) is 21.3 Å². The predicted molar refractivity (Wildman–Crippen MR) is 62.5 cm³/mol. The molecule has 0 spiro atoms. The van der Waals surface area contributed by atoms with Gasteiger partial charge in [-0.15, -0.1) is 0 Å². The van der Waals surface area contributed by atoms with Gasteiger partial charge in [-0.2, -0.15) is 0 Å². The fourth-order valence-corrected chi connectivity index (χ4v) is 1.85. The maximum atomic E-state index is 5.95. The van der Waals surface area contributed by atoms with E-state index in [2.05, 4.69) is 5.32 Å². The zero-order valence-electron chi connectivity index (χ0n) is 8.92. The van der Waals surface area contributed by atoms with E-state index < -0.39 is 0 Å². The van der Waals surface area contributed by atoms with Gasteiger partial charge < -0.3 is 10.1 Å². The molecular weight excluding hydrogens is 210 g/mol. The Morgan fingerprint density at radius 1 is 1.47 bits per heavy atom. The van der Waals surface area contributed by atoms with Gasteiger partial charge in [-0.1, -0.05) is 11.6 Å². The van der Waals surface area contributed by atoms with Crippen LogP contribution in [0.4, 0.5) is 0 Å². The molecule has 0 aromatic heterocycles. The molecule has 0 amide bonds. The Labute approximate surface area is 95.6 Å². The molecule has 0 atom stereocenters. The van der Waals surface area contributed by atoms with Gasteiger partial charge in [0.25, 0.3) is 0 Å². The number of nitrogens with one attached hydrogen (secondary N) is 1. The van der Waals surface area contributed by atoms with Crippen LogP contribution in [-0.4, -0.2) is 13.2 Å². The van der Waals surface area contributed by atoms with Crippen LogP contribution in [0.3, 0.4) is 0 Å². The molecule has 82 valence electrons. The van der Waals surface area contributed by atoms with Crippen molar-refractivity contribution in [3.05, 3.63) is 28.8 Å². The molecule has 0 heterocycles. The summed E-state index contributed by atoms with van der Waals surface area (Å²) in [5.74, 6) is 0.971. The number of rotatable bonds is 4. The SMILES string of the molecule is CNCc1cc(Cl)ccc1OC1CCC1. The Morgan fingerprint density at radius 2 is 2.27 bits per heavy atom. The van der Waals surface area contributed by atoms with Gasteiger partial charge in [0.05, 0.1) is 6.10 Å². The van der Waals surface area contributed by atoms with E-state index in [0.717, 1.165) is 22.9 Å². The van der Waals surface area contributed by atoms with Crippen molar-refractivity contribution >= 4 is 11.6 Å². The Balaban J connectivity index is 2.12. The summed E-state index contributed by atoms with van der Waals surface area (Å²) in [4.78, 5) is 0. The zero-order chi connectivity index (χ0) is 10.7. The summed E-state index contributed by atoms with van der Waals surface area (Å²) < 4.78 is 5.89. The van der Waals surface area contributed by atoms with E-state index in [1.807, 2.05) is 25.2 Å². The van der Waals surface area contributed by atoms with Crippen molar-refractivity contribution in [3.63, 3.8) is 0 Å². The molecule has 1 aromatic carbocycles. The third kappa shape index (κ3) is 2.64. The maximum Gasteiger partial charge on any atom is 0.124 e. The largest absolute Gasteiger partial charge is 0.490 e. The van der Waals surface area contributed by atoms with E-state index in [1.165, 1.54) is 19.3 Å². The predicted octanol–water partition coefficient (Wildman–Crippen LogP) is 2.99. The van der Waals surface area contributed by atoms with Crippen LogP contribution >= 0.6 is 11.6 Å². The fourth-order valence-electron chi connectivity index (χ4n) is 1.66. The van der Waals surface area contributed by atoms with Crippen LogP contribution in [0.5, 0.6) is 5.75 Å². The van der Waals surface area contributed by atoms with Gasteiger partial charge in [-0.05, 0) is 44.5 Å². The van der Waals surface area contributed by atoms with E-state index in [0.29, 0.717) is 6.10 Å². The molecule has 1 fully saturated rings. The van der Waals surface area contributed by atoms with Crippen molar-refractivity contribution in [1.29, 1.82) is 0 Å².